The van der Waals surface area contributed by atoms with Crippen LogP contribution in [0, 0.1) is 24.7 Å². The molecule has 3 heteroatoms. The van der Waals surface area contributed by atoms with E-state index in [0.717, 1.165) is 24.1 Å². The number of nitrogens with one attached hydrogen (secondary N) is 2. The fourth-order valence-corrected chi connectivity index (χ4v) is 3.66. The smallest absolute Gasteiger partial charge is 0.319 e. The number of carbonyl (C=O) groups excluding carboxylic acids is 1. The number of benzene rings is 1. The Morgan fingerprint density at radius 1 is 1.21 bits per heavy atom. The molecule has 1 aromatic carbocycles. The lowest BCUT2D eigenvalue weighted by atomic mass is 9.89. The van der Waals surface area contributed by atoms with Crippen LogP contribution >= 0.6 is 0 Å². The van der Waals surface area contributed by atoms with Gasteiger partial charge in [0.25, 0.3) is 0 Å². The molecule has 19 heavy (non-hydrogen) atoms. The Morgan fingerprint density at radius 3 is 2.63 bits per heavy atom. The van der Waals surface area contributed by atoms with E-state index >= 15 is 0 Å². The van der Waals surface area contributed by atoms with Crippen molar-refractivity contribution in [3.8, 4) is 0 Å². The summed E-state index contributed by atoms with van der Waals surface area (Å²) >= 11 is 0. The van der Waals surface area contributed by atoms with Crippen LogP contribution in [0.15, 0.2) is 24.3 Å². The molecule has 1 aromatic rings. The lowest BCUT2D eigenvalue weighted by Gasteiger charge is -2.21. The van der Waals surface area contributed by atoms with E-state index in [1.54, 1.807) is 0 Å². The van der Waals surface area contributed by atoms with Crippen molar-refractivity contribution in [3.63, 3.8) is 0 Å². The summed E-state index contributed by atoms with van der Waals surface area (Å²) in [6.45, 7) is 2.87. The van der Waals surface area contributed by atoms with Gasteiger partial charge < -0.3 is 10.6 Å². The molecule has 0 unspecified atom stereocenters. The molecule has 3 atom stereocenters. The lowest BCUT2D eigenvalue weighted by Crippen LogP contribution is -2.34. The Morgan fingerprint density at radius 2 is 2.00 bits per heavy atom. The first-order chi connectivity index (χ1) is 9.20. The van der Waals surface area contributed by atoms with E-state index in [1.807, 2.05) is 31.2 Å². The van der Waals surface area contributed by atoms with Crippen molar-refractivity contribution in [3.05, 3.63) is 29.8 Å². The topological polar surface area (TPSA) is 41.1 Å². The van der Waals surface area contributed by atoms with Crippen LogP contribution in [0.5, 0.6) is 0 Å². The molecule has 2 amide bonds. The second-order valence-electron chi connectivity index (χ2n) is 6.14. The van der Waals surface area contributed by atoms with Crippen molar-refractivity contribution in [2.24, 2.45) is 17.8 Å². The third-order valence-electron chi connectivity index (χ3n) is 4.72. The van der Waals surface area contributed by atoms with Gasteiger partial charge in [-0.1, -0.05) is 24.1 Å². The van der Waals surface area contributed by atoms with Crippen LogP contribution in [-0.4, -0.2) is 12.6 Å². The van der Waals surface area contributed by atoms with Crippen LogP contribution in [0.25, 0.3) is 0 Å². The summed E-state index contributed by atoms with van der Waals surface area (Å²) in [5, 5.41) is 5.91. The van der Waals surface area contributed by atoms with Crippen molar-refractivity contribution in [2.45, 2.75) is 32.6 Å². The second kappa shape index (κ2) is 5.24. The fourth-order valence-electron chi connectivity index (χ4n) is 3.66. The van der Waals surface area contributed by atoms with Crippen molar-refractivity contribution in [1.29, 1.82) is 0 Å². The summed E-state index contributed by atoms with van der Waals surface area (Å²) in [4.78, 5) is 11.8. The van der Waals surface area contributed by atoms with Crippen LogP contribution < -0.4 is 10.6 Å². The molecule has 2 N–H and O–H groups in total. The summed E-state index contributed by atoms with van der Waals surface area (Å²) in [6, 6.07) is 7.81. The maximum Gasteiger partial charge on any atom is 0.319 e. The third kappa shape index (κ3) is 2.91. The molecule has 0 spiro atoms. The first-order valence-corrected chi connectivity index (χ1v) is 7.32. The van der Waals surface area contributed by atoms with E-state index < -0.39 is 0 Å². The van der Waals surface area contributed by atoms with Crippen LogP contribution in [0.3, 0.4) is 0 Å². The molecule has 0 saturated heterocycles. The van der Waals surface area contributed by atoms with Gasteiger partial charge in [-0.15, -0.1) is 0 Å². The van der Waals surface area contributed by atoms with Crippen LogP contribution in [0.1, 0.15) is 31.2 Å². The SMILES string of the molecule is Cc1ccc(NC(=O)NC[C@H]2C[C@H]3CC[C@@H]2C3)cc1. The number of rotatable bonds is 3. The van der Waals surface area contributed by atoms with Crippen molar-refractivity contribution in [2.75, 3.05) is 11.9 Å². The Balaban J connectivity index is 1.45. The van der Waals surface area contributed by atoms with Crippen LogP contribution in [0.2, 0.25) is 0 Å². The highest BCUT2D eigenvalue weighted by Crippen LogP contribution is 2.47. The number of amides is 2. The molecule has 102 valence electrons. The summed E-state index contributed by atoms with van der Waals surface area (Å²) in [6.07, 6.45) is 5.49. The number of aryl methyl sites for hydroxylation is 1. The predicted octanol–water partition coefficient (Wildman–Crippen LogP) is 3.55. The molecule has 2 aliphatic rings. The first kappa shape index (κ1) is 12.5. The maximum atomic E-state index is 11.8. The summed E-state index contributed by atoms with van der Waals surface area (Å²) in [5.74, 6) is 2.52. The minimum absolute atomic E-state index is 0.0772. The maximum absolute atomic E-state index is 11.8. The van der Waals surface area contributed by atoms with Gasteiger partial charge in [-0.05, 0) is 56.1 Å². The normalized spacial score (nSPS) is 28.4. The average Bonchev–Trinajstić information content (AvgIpc) is 3.01. The zero-order valence-electron chi connectivity index (χ0n) is 11.5. The van der Waals surface area contributed by atoms with Gasteiger partial charge in [-0.3, -0.25) is 0 Å². The number of hydrogen-bond donors (Lipinski definition) is 2. The lowest BCUT2D eigenvalue weighted by molar-refractivity contribution is 0.245. The van der Waals surface area contributed by atoms with Gasteiger partial charge in [-0.25, -0.2) is 4.79 Å². The Bertz CT molecular complexity index is 454. The average molecular weight is 258 g/mol. The van der Waals surface area contributed by atoms with E-state index in [4.69, 9.17) is 0 Å². The largest absolute Gasteiger partial charge is 0.338 e. The molecule has 3 rings (SSSR count). The van der Waals surface area contributed by atoms with E-state index in [9.17, 15) is 4.79 Å². The van der Waals surface area contributed by atoms with E-state index in [-0.39, 0.29) is 6.03 Å². The molecule has 0 radical (unpaired) electrons. The van der Waals surface area contributed by atoms with Gasteiger partial charge in [-0.2, -0.15) is 0 Å². The fraction of sp³-hybridized carbons (Fsp3) is 0.562. The highest BCUT2D eigenvalue weighted by atomic mass is 16.2. The molecule has 2 bridgehead atoms. The van der Waals surface area contributed by atoms with E-state index in [2.05, 4.69) is 10.6 Å². The summed E-state index contributed by atoms with van der Waals surface area (Å²) in [7, 11) is 0. The highest BCUT2D eigenvalue weighted by molar-refractivity contribution is 5.89. The number of urea groups is 1. The summed E-state index contributed by atoms with van der Waals surface area (Å²) < 4.78 is 0. The molecule has 3 nitrogen and oxygen atoms in total. The van der Waals surface area contributed by atoms with Gasteiger partial charge >= 0.3 is 6.03 Å². The quantitative estimate of drug-likeness (QED) is 0.855. The van der Waals surface area contributed by atoms with Gasteiger partial charge in [0.1, 0.15) is 0 Å². The van der Waals surface area contributed by atoms with Crippen molar-refractivity contribution in [1.82, 2.24) is 5.32 Å². The molecule has 2 fully saturated rings. The highest BCUT2D eigenvalue weighted by Gasteiger charge is 2.39. The second-order valence-corrected chi connectivity index (χ2v) is 6.14. The monoisotopic (exact) mass is 258 g/mol. The molecule has 2 saturated carbocycles. The standard InChI is InChI=1S/C16H22N2O/c1-11-2-6-15(7-3-11)18-16(19)17-10-14-9-12-4-5-13(14)8-12/h2-3,6-7,12-14H,4-5,8-10H2,1H3,(H2,17,18,19)/t12-,13+,14+/m0/s1. The minimum atomic E-state index is -0.0772. The zero-order valence-corrected chi connectivity index (χ0v) is 11.5. The van der Waals surface area contributed by atoms with Crippen LogP contribution in [0.4, 0.5) is 10.5 Å². The Hall–Kier alpha value is -1.51. The van der Waals surface area contributed by atoms with Gasteiger partial charge in [0, 0.05) is 12.2 Å². The zero-order chi connectivity index (χ0) is 13.2. The van der Waals surface area contributed by atoms with Gasteiger partial charge in [0.05, 0.1) is 0 Å². The molecule has 0 aliphatic heterocycles. The van der Waals surface area contributed by atoms with Gasteiger partial charge in [0.15, 0.2) is 0 Å². The number of carbonyl (C=O) groups is 1. The number of anilines is 1. The molecule has 0 aromatic heterocycles. The number of hydrogen-bond acceptors (Lipinski definition) is 1. The predicted molar refractivity (Wildman–Crippen MR) is 77.1 cm³/mol. The van der Waals surface area contributed by atoms with E-state index in [1.165, 1.54) is 31.2 Å². The molecular weight excluding hydrogens is 236 g/mol. The molecule has 0 heterocycles. The van der Waals surface area contributed by atoms with Crippen LogP contribution in [-0.2, 0) is 0 Å². The van der Waals surface area contributed by atoms with E-state index in [0.29, 0.717) is 5.92 Å². The molecular formula is C16H22N2O. The number of fused-ring (bicyclic) bond motifs is 2. The Labute approximate surface area is 114 Å². The summed E-state index contributed by atoms with van der Waals surface area (Å²) in [5.41, 5.74) is 2.06. The Kier molecular flexibility index (Phi) is 3.45. The van der Waals surface area contributed by atoms with Crippen molar-refractivity contribution < 1.29 is 4.79 Å². The molecule has 2 aliphatic carbocycles. The third-order valence-corrected chi connectivity index (χ3v) is 4.72. The first-order valence-electron chi connectivity index (χ1n) is 7.32. The minimum Gasteiger partial charge on any atom is -0.338 e. The van der Waals surface area contributed by atoms with Crippen molar-refractivity contribution >= 4 is 11.7 Å². The van der Waals surface area contributed by atoms with Gasteiger partial charge in [0.2, 0.25) is 0 Å².